The number of thiophene rings is 1. The molecule has 8 nitrogen and oxygen atoms in total. The highest BCUT2D eigenvalue weighted by molar-refractivity contribution is 7.13. The van der Waals surface area contributed by atoms with Gasteiger partial charge in [0.25, 0.3) is 5.89 Å². The maximum Gasteiger partial charge on any atom is 0.437 e. The van der Waals surface area contributed by atoms with Gasteiger partial charge in [-0.15, -0.1) is 16.4 Å². The third-order valence-corrected chi connectivity index (χ3v) is 5.67. The van der Waals surface area contributed by atoms with Gasteiger partial charge in [0.2, 0.25) is 11.8 Å². The predicted molar refractivity (Wildman–Crippen MR) is 108 cm³/mol. The number of carbonyl (C=O) groups excluding carboxylic acids is 2. The zero-order valence-electron chi connectivity index (χ0n) is 15.6. The van der Waals surface area contributed by atoms with Gasteiger partial charge in [0.15, 0.2) is 0 Å². The molecular formula is C20H20N4O4S. The summed E-state index contributed by atoms with van der Waals surface area (Å²) in [6.45, 7) is 0.668. The molecule has 1 atom stereocenters. The SMILES string of the molecule is O=C(Nc1ccccc1)C1CCCN(C(=O)Cn2nc(-c3cccs3)oc2=O)C1. The number of likely N-dealkylation sites (tertiary alicyclic amines) is 1. The first-order valence-corrected chi connectivity index (χ1v) is 10.2. The molecule has 3 heterocycles. The number of nitrogens with zero attached hydrogens (tertiary/aromatic N) is 3. The number of piperidine rings is 1. The summed E-state index contributed by atoms with van der Waals surface area (Å²) in [5.41, 5.74) is 0.733. The van der Waals surface area contributed by atoms with Crippen LogP contribution in [0.15, 0.2) is 57.1 Å². The summed E-state index contributed by atoms with van der Waals surface area (Å²) in [7, 11) is 0. The molecule has 1 fully saturated rings. The van der Waals surface area contributed by atoms with Crippen molar-refractivity contribution < 1.29 is 14.0 Å². The third kappa shape index (κ3) is 4.45. The maximum atomic E-state index is 12.7. The Morgan fingerprint density at radius 2 is 2.03 bits per heavy atom. The van der Waals surface area contributed by atoms with E-state index in [-0.39, 0.29) is 30.2 Å². The fourth-order valence-corrected chi connectivity index (χ4v) is 3.96. The van der Waals surface area contributed by atoms with Crippen LogP contribution >= 0.6 is 11.3 Å². The first-order chi connectivity index (χ1) is 14.1. The van der Waals surface area contributed by atoms with Crippen LogP contribution in [0, 0.1) is 5.92 Å². The van der Waals surface area contributed by atoms with Gasteiger partial charge in [-0.1, -0.05) is 24.3 Å². The maximum absolute atomic E-state index is 12.7. The Labute approximate surface area is 170 Å². The Balaban J connectivity index is 1.39. The van der Waals surface area contributed by atoms with Crippen LogP contribution in [0.25, 0.3) is 10.8 Å². The average Bonchev–Trinajstić information content (AvgIpc) is 3.39. The minimum atomic E-state index is -0.669. The molecule has 2 aromatic heterocycles. The third-order valence-electron chi connectivity index (χ3n) is 4.81. The van der Waals surface area contributed by atoms with E-state index in [0.717, 1.165) is 28.1 Å². The van der Waals surface area contributed by atoms with Crippen molar-refractivity contribution in [1.82, 2.24) is 14.7 Å². The zero-order chi connectivity index (χ0) is 20.2. The van der Waals surface area contributed by atoms with Crippen molar-refractivity contribution >= 4 is 28.8 Å². The second-order valence-corrected chi connectivity index (χ2v) is 7.79. The Kier molecular flexibility index (Phi) is 5.57. The van der Waals surface area contributed by atoms with Gasteiger partial charge >= 0.3 is 5.76 Å². The molecule has 2 amide bonds. The van der Waals surface area contributed by atoms with Crippen molar-refractivity contribution in [1.29, 1.82) is 0 Å². The van der Waals surface area contributed by atoms with E-state index in [1.165, 1.54) is 11.3 Å². The molecule has 0 aliphatic carbocycles. The molecule has 3 aromatic rings. The summed E-state index contributed by atoms with van der Waals surface area (Å²) in [5, 5.41) is 8.86. The van der Waals surface area contributed by atoms with E-state index in [0.29, 0.717) is 13.1 Å². The summed E-state index contributed by atoms with van der Waals surface area (Å²) in [6, 6.07) is 12.9. The van der Waals surface area contributed by atoms with Crippen molar-refractivity contribution in [3.8, 4) is 10.8 Å². The van der Waals surface area contributed by atoms with Gasteiger partial charge < -0.3 is 14.6 Å². The molecule has 9 heteroatoms. The molecule has 1 aliphatic rings. The number of anilines is 1. The van der Waals surface area contributed by atoms with Crippen molar-refractivity contribution in [2.75, 3.05) is 18.4 Å². The largest absolute Gasteiger partial charge is 0.437 e. The number of hydrogen-bond acceptors (Lipinski definition) is 6. The number of benzene rings is 1. The molecule has 0 spiro atoms. The summed E-state index contributed by atoms with van der Waals surface area (Å²) in [5.74, 6) is -1.11. The number of aromatic nitrogens is 2. The number of para-hydroxylation sites is 1. The van der Waals surface area contributed by atoms with E-state index in [4.69, 9.17) is 4.42 Å². The topological polar surface area (TPSA) is 97.4 Å². The normalized spacial score (nSPS) is 16.6. The van der Waals surface area contributed by atoms with Crippen molar-refractivity contribution in [3.05, 3.63) is 58.4 Å². The first-order valence-electron chi connectivity index (χ1n) is 9.35. The molecule has 1 saturated heterocycles. The molecular weight excluding hydrogens is 392 g/mol. The average molecular weight is 412 g/mol. The Hall–Kier alpha value is -3.20. The molecule has 0 radical (unpaired) electrons. The number of amides is 2. The summed E-state index contributed by atoms with van der Waals surface area (Å²) < 4.78 is 6.18. The van der Waals surface area contributed by atoms with E-state index in [1.54, 1.807) is 11.0 Å². The number of carbonyl (C=O) groups is 2. The summed E-state index contributed by atoms with van der Waals surface area (Å²) in [6.07, 6.45) is 1.45. The number of rotatable bonds is 5. The summed E-state index contributed by atoms with van der Waals surface area (Å²) in [4.78, 5) is 39.6. The monoisotopic (exact) mass is 412 g/mol. The van der Waals surface area contributed by atoms with Gasteiger partial charge in [-0.25, -0.2) is 4.79 Å². The smallest absolute Gasteiger partial charge is 0.387 e. The molecule has 1 N–H and O–H groups in total. The van der Waals surface area contributed by atoms with Gasteiger partial charge in [-0.2, -0.15) is 4.68 Å². The zero-order valence-corrected chi connectivity index (χ0v) is 16.4. The minimum absolute atomic E-state index is 0.104. The fraction of sp³-hybridized carbons (Fsp3) is 0.300. The van der Waals surface area contributed by atoms with Crippen LogP contribution in [0.3, 0.4) is 0 Å². The molecule has 150 valence electrons. The van der Waals surface area contributed by atoms with E-state index < -0.39 is 5.76 Å². The predicted octanol–water partition coefficient (Wildman–Crippen LogP) is 2.44. The quantitative estimate of drug-likeness (QED) is 0.694. The van der Waals surface area contributed by atoms with Gasteiger partial charge in [0, 0.05) is 18.8 Å². The number of hydrogen-bond donors (Lipinski definition) is 1. The Bertz CT molecular complexity index is 1040. The van der Waals surface area contributed by atoms with Gasteiger partial charge in [-0.3, -0.25) is 9.59 Å². The molecule has 1 aliphatic heterocycles. The van der Waals surface area contributed by atoms with Crippen molar-refractivity contribution in [2.24, 2.45) is 5.92 Å². The van der Waals surface area contributed by atoms with Crippen molar-refractivity contribution in [2.45, 2.75) is 19.4 Å². The lowest BCUT2D eigenvalue weighted by Crippen LogP contribution is -2.45. The van der Waals surface area contributed by atoms with Crippen LogP contribution in [-0.4, -0.2) is 39.6 Å². The van der Waals surface area contributed by atoms with Crippen LogP contribution in [0.2, 0.25) is 0 Å². The van der Waals surface area contributed by atoms with Gasteiger partial charge in [0.1, 0.15) is 6.54 Å². The first kappa shape index (κ1) is 19.1. The van der Waals surface area contributed by atoms with Crippen LogP contribution in [0.4, 0.5) is 5.69 Å². The minimum Gasteiger partial charge on any atom is -0.387 e. The van der Waals surface area contributed by atoms with Crippen molar-refractivity contribution in [3.63, 3.8) is 0 Å². The number of nitrogens with one attached hydrogen (secondary N) is 1. The second kappa shape index (κ2) is 8.44. The van der Waals surface area contributed by atoms with Crippen LogP contribution in [0.5, 0.6) is 0 Å². The lowest BCUT2D eigenvalue weighted by molar-refractivity contribution is -0.135. The molecule has 1 unspecified atom stereocenters. The van der Waals surface area contributed by atoms with Gasteiger partial charge in [-0.05, 0) is 36.4 Å². The molecule has 0 bridgehead atoms. The second-order valence-electron chi connectivity index (χ2n) is 6.84. The molecule has 1 aromatic carbocycles. The van der Waals surface area contributed by atoms with Gasteiger partial charge in [0.05, 0.1) is 10.8 Å². The molecule has 29 heavy (non-hydrogen) atoms. The van der Waals surface area contributed by atoms with E-state index >= 15 is 0 Å². The highest BCUT2D eigenvalue weighted by Gasteiger charge is 2.29. The van der Waals surface area contributed by atoms with Crippen LogP contribution in [-0.2, 0) is 16.1 Å². The molecule has 4 rings (SSSR count). The lowest BCUT2D eigenvalue weighted by atomic mass is 9.97. The van der Waals surface area contributed by atoms with Crippen LogP contribution < -0.4 is 11.1 Å². The molecule has 0 saturated carbocycles. The van der Waals surface area contributed by atoms with E-state index in [9.17, 15) is 14.4 Å². The summed E-state index contributed by atoms with van der Waals surface area (Å²) >= 11 is 1.40. The Morgan fingerprint density at radius 1 is 1.21 bits per heavy atom. The highest BCUT2D eigenvalue weighted by atomic mass is 32.1. The lowest BCUT2D eigenvalue weighted by Gasteiger charge is -2.32. The standard InChI is InChI=1S/C20H20N4O4S/c25-17(13-24-20(27)28-19(22-24)16-9-5-11-29-16)23-10-4-6-14(12-23)18(26)21-15-7-2-1-3-8-15/h1-3,5,7-9,11,14H,4,6,10,12-13H2,(H,21,26). The Morgan fingerprint density at radius 3 is 2.79 bits per heavy atom. The fourth-order valence-electron chi connectivity index (χ4n) is 3.32. The highest BCUT2D eigenvalue weighted by Crippen LogP contribution is 2.22. The van der Waals surface area contributed by atoms with Crippen LogP contribution in [0.1, 0.15) is 12.8 Å². The van der Waals surface area contributed by atoms with E-state index in [2.05, 4.69) is 10.4 Å². The van der Waals surface area contributed by atoms with E-state index in [1.807, 2.05) is 41.8 Å².